The highest BCUT2D eigenvalue weighted by atomic mass is 14.7. The fraction of sp³-hybridized carbons (Fsp3) is 0.125. The molecule has 0 radical (unpaired) electrons. The predicted octanol–water partition coefficient (Wildman–Crippen LogP) is 4.45. The summed E-state index contributed by atoms with van der Waals surface area (Å²) in [6.07, 6.45) is 1.99. The van der Waals surface area contributed by atoms with E-state index in [9.17, 15) is 0 Å². The summed E-state index contributed by atoms with van der Waals surface area (Å²) < 4.78 is 0. The minimum absolute atomic E-state index is 1.19. The van der Waals surface area contributed by atoms with E-state index in [4.69, 9.17) is 0 Å². The molecule has 1 N–H and O–H groups in total. The third-order valence-corrected chi connectivity index (χ3v) is 3.32. The second kappa shape index (κ2) is 3.77. The Morgan fingerprint density at radius 1 is 0.882 bits per heavy atom. The van der Waals surface area contributed by atoms with E-state index in [2.05, 4.69) is 61.3 Å². The normalized spacial score (nSPS) is 10.9. The molecule has 0 bridgehead atoms. The van der Waals surface area contributed by atoms with Crippen molar-refractivity contribution in [1.29, 1.82) is 0 Å². The first-order chi connectivity index (χ1) is 8.25. The molecule has 17 heavy (non-hydrogen) atoms. The topological polar surface area (TPSA) is 15.8 Å². The molecule has 1 heterocycles. The van der Waals surface area contributed by atoms with Gasteiger partial charge in [0, 0.05) is 11.7 Å². The van der Waals surface area contributed by atoms with Crippen molar-refractivity contribution in [2.45, 2.75) is 13.8 Å². The smallest absolute Gasteiger partial charge is 0.0454 e. The number of H-pyrrole nitrogens is 1. The van der Waals surface area contributed by atoms with Gasteiger partial charge >= 0.3 is 0 Å². The third kappa shape index (κ3) is 1.64. The van der Waals surface area contributed by atoms with E-state index in [0.29, 0.717) is 0 Å². The summed E-state index contributed by atoms with van der Waals surface area (Å²) in [5.74, 6) is 0. The molecule has 2 aromatic carbocycles. The lowest BCUT2D eigenvalue weighted by Gasteiger charge is -2.09. The number of benzene rings is 2. The summed E-state index contributed by atoms with van der Waals surface area (Å²) >= 11 is 0. The van der Waals surface area contributed by atoms with Crippen LogP contribution < -0.4 is 0 Å². The van der Waals surface area contributed by atoms with Crippen LogP contribution in [-0.2, 0) is 0 Å². The Kier molecular flexibility index (Phi) is 2.25. The molecule has 0 fully saturated rings. The van der Waals surface area contributed by atoms with Crippen molar-refractivity contribution in [3.63, 3.8) is 0 Å². The van der Waals surface area contributed by atoms with Crippen LogP contribution in [0.4, 0.5) is 0 Å². The van der Waals surface area contributed by atoms with Crippen LogP contribution in [0.2, 0.25) is 0 Å². The summed E-state index contributed by atoms with van der Waals surface area (Å²) in [4.78, 5) is 3.23. The zero-order valence-electron chi connectivity index (χ0n) is 10.1. The molecule has 3 aromatic rings. The van der Waals surface area contributed by atoms with Gasteiger partial charge in [0.05, 0.1) is 0 Å². The van der Waals surface area contributed by atoms with E-state index in [1.54, 1.807) is 0 Å². The number of aromatic nitrogens is 1. The maximum Gasteiger partial charge on any atom is 0.0454 e. The summed E-state index contributed by atoms with van der Waals surface area (Å²) in [6, 6.07) is 15.2. The molecule has 0 aliphatic carbocycles. The molecule has 0 spiro atoms. The van der Waals surface area contributed by atoms with Crippen molar-refractivity contribution in [2.75, 3.05) is 0 Å². The summed E-state index contributed by atoms with van der Waals surface area (Å²) in [6.45, 7) is 4.34. The van der Waals surface area contributed by atoms with Crippen molar-refractivity contribution in [3.05, 3.63) is 59.8 Å². The standard InChI is InChI=1S/C16H15N/c1-11-4-3-5-12(2)16(11)14-6-7-15-13(10-14)8-9-17-15/h3-10,17H,1-2H3. The Morgan fingerprint density at radius 3 is 2.41 bits per heavy atom. The molecule has 0 atom stereocenters. The third-order valence-electron chi connectivity index (χ3n) is 3.32. The quantitative estimate of drug-likeness (QED) is 0.624. The van der Waals surface area contributed by atoms with Crippen LogP contribution in [0.1, 0.15) is 11.1 Å². The molecule has 1 aromatic heterocycles. The highest BCUT2D eigenvalue weighted by Crippen LogP contribution is 2.29. The van der Waals surface area contributed by atoms with Gasteiger partial charge < -0.3 is 4.98 Å². The molecule has 0 saturated heterocycles. The van der Waals surface area contributed by atoms with Crippen molar-refractivity contribution < 1.29 is 0 Å². The molecule has 3 rings (SSSR count). The fourth-order valence-electron chi connectivity index (χ4n) is 2.48. The van der Waals surface area contributed by atoms with Gasteiger partial charge in [0.25, 0.3) is 0 Å². The molecular weight excluding hydrogens is 206 g/mol. The van der Waals surface area contributed by atoms with Crippen LogP contribution >= 0.6 is 0 Å². The van der Waals surface area contributed by atoms with Crippen molar-refractivity contribution >= 4 is 10.9 Å². The molecule has 1 nitrogen and oxygen atoms in total. The second-order valence-electron chi connectivity index (χ2n) is 4.55. The highest BCUT2D eigenvalue weighted by molar-refractivity contribution is 5.86. The Bertz CT molecular complexity index is 657. The minimum atomic E-state index is 1.19. The zero-order chi connectivity index (χ0) is 11.8. The van der Waals surface area contributed by atoms with Crippen LogP contribution in [0.15, 0.2) is 48.7 Å². The average Bonchev–Trinajstić information content (AvgIpc) is 2.76. The van der Waals surface area contributed by atoms with Gasteiger partial charge in [-0.25, -0.2) is 0 Å². The van der Waals surface area contributed by atoms with Gasteiger partial charge in [0.2, 0.25) is 0 Å². The number of rotatable bonds is 1. The van der Waals surface area contributed by atoms with Gasteiger partial charge in [0.1, 0.15) is 0 Å². The SMILES string of the molecule is Cc1cccc(C)c1-c1ccc2[nH]ccc2c1. The lowest BCUT2D eigenvalue weighted by atomic mass is 9.95. The maximum absolute atomic E-state index is 3.23. The van der Waals surface area contributed by atoms with E-state index >= 15 is 0 Å². The van der Waals surface area contributed by atoms with Crippen LogP contribution in [-0.4, -0.2) is 4.98 Å². The zero-order valence-corrected chi connectivity index (χ0v) is 10.1. The first kappa shape index (κ1) is 10.2. The first-order valence-corrected chi connectivity index (χ1v) is 5.89. The van der Waals surface area contributed by atoms with E-state index in [0.717, 1.165) is 0 Å². The van der Waals surface area contributed by atoms with Gasteiger partial charge in [-0.2, -0.15) is 0 Å². The molecule has 1 heteroatoms. The lowest BCUT2D eigenvalue weighted by molar-refractivity contribution is 1.38. The summed E-state index contributed by atoms with van der Waals surface area (Å²) in [5, 5.41) is 1.27. The fourth-order valence-corrected chi connectivity index (χ4v) is 2.48. The summed E-state index contributed by atoms with van der Waals surface area (Å²) in [5.41, 5.74) is 6.52. The maximum atomic E-state index is 3.23. The average molecular weight is 221 g/mol. The van der Waals surface area contributed by atoms with Crippen molar-refractivity contribution in [3.8, 4) is 11.1 Å². The number of nitrogens with one attached hydrogen (secondary N) is 1. The van der Waals surface area contributed by atoms with Crippen molar-refractivity contribution in [1.82, 2.24) is 4.98 Å². The number of hydrogen-bond donors (Lipinski definition) is 1. The Hall–Kier alpha value is -2.02. The Morgan fingerprint density at radius 2 is 1.65 bits per heavy atom. The molecule has 0 aliphatic heterocycles. The highest BCUT2D eigenvalue weighted by Gasteiger charge is 2.05. The monoisotopic (exact) mass is 221 g/mol. The van der Waals surface area contributed by atoms with Crippen molar-refractivity contribution in [2.24, 2.45) is 0 Å². The lowest BCUT2D eigenvalue weighted by Crippen LogP contribution is -1.87. The first-order valence-electron chi connectivity index (χ1n) is 5.89. The van der Waals surface area contributed by atoms with Gasteiger partial charge in [-0.1, -0.05) is 24.3 Å². The van der Waals surface area contributed by atoms with Gasteiger partial charge in [0.15, 0.2) is 0 Å². The van der Waals surface area contributed by atoms with Crippen LogP contribution in [0.5, 0.6) is 0 Å². The van der Waals surface area contributed by atoms with E-state index < -0.39 is 0 Å². The van der Waals surface area contributed by atoms with E-state index in [-0.39, 0.29) is 0 Å². The number of hydrogen-bond acceptors (Lipinski definition) is 0. The molecule has 0 aliphatic rings. The predicted molar refractivity (Wildman–Crippen MR) is 73.2 cm³/mol. The number of aryl methyl sites for hydroxylation is 2. The summed E-state index contributed by atoms with van der Waals surface area (Å²) in [7, 11) is 0. The van der Waals surface area contributed by atoms with Gasteiger partial charge in [-0.15, -0.1) is 0 Å². The van der Waals surface area contributed by atoms with E-state index in [1.807, 2.05) is 6.20 Å². The Labute approximate surface area is 101 Å². The minimum Gasteiger partial charge on any atom is -0.361 e. The van der Waals surface area contributed by atoms with Gasteiger partial charge in [-0.05, 0) is 59.7 Å². The molecule has 84 valence electrons. The number of aromatic amines is 1. The van der Waals surface area contributed by atoms with E-state index in [1.165, 1.54) is 33.2 Å². The van der Waals surface area contributed by atoms with Gasteiger partial charge in [-0.3, -0.25) is 0 Å². The molecular formula is C16H15N. The Balaban J connectivity index is 2.26. The number of fused-ring (bicyclic) bond motifs is 1. The second-order valence-corrected chi connectivity index (χ2v) is 4.55. The van der Waals surface area contributed by atoms with Crippen LogP contribution in [0, 0.1) is 13.8 Å². The largest absolute Gasteiger partial charge is 0.361 e. The molecule has 0 unspecified atom stereocenters. The molecule has 0 amide bonds. The molecule has 0 saturated carbocycles. The van der Waals surface area contributed by atoms with Crippen LogP contribution in [0.25, 0.3) is 22.0 Å². The van der Waals surface area contributed by atoms with Crippen LogP contribution in [0.3, 0.4) is 0 Å².